The van der Waals surface area contributed by atoms with E-state index in [-0.39, 0.29) is 30.3 Å². The second-order valence-corrected chi connectivity index (χ2v) is 5.16. The van der Waals surface area contributed by atoms with Crippen molar-refractivity contribution in [2.45, 2.75) is 31.7 Å². The zero-order chi connectivity index (χ0) is 14.3. The molecule has 19 heavy (non-hydrogen) atoms. The molecule has 0 aromatic rings. The number of carbonyl (C=O) groups is 2. The van der Waals surface area contributed by atoms with Gasteiger partial charge in [-0.1, -0.05) is 0 Å². The van der Waals surface area contributed by atoms with E-state index in [0.29, 0.717) is 13.2 Å². The van der Waals surface area contributed by atoms with Crippen LogP contribution in [0.15, 0.2) is 0 Å². The highest BCUT2D eigenvalue weighted by molar-refractivity contribution is 5.85. The number of rotatable bonds is 7. The highest BCUT2D eigenvalue weighted by Crippen LogP contribution is 2.25. The summed E-state index contributed by atoms with van der Waals surface area (Å²) in [7, 11) is 3.29. The third kappa shape index (κ3) is 5.57. The number of nitrogens with one attached hydrogen (secondary N) is 1. The van der Waals surface area contributed by atoms with Crippen molar-refractivity contribution >= 4 is 11.8 Å². The molecule has 1 fully saturated rings. The van der Waals surface area contributed by atoms with Crippen molar-refractivity contribution in [1.29, 1.82) is 0 Å². The van der Waals surface area contributed by atoms with E-state index < -0.39 is 0 Å². The molecule has 0 saturated heterocycles. The predicted molar refractivity (Wildman–Crippen MR) is 72.5 cm³/mol. The standard InChI is InChI=1S/C13H25N3O3/c1-16(9-12(17)15-6-3-7-19-2)13(18)10-4-5-11(14)8-10/h10-11H,3-9,14H2,1-2H3,(H,15,17). The van der Waals surface area contributed by atoms with Crippen LogP contribution in [0.25, 0.3) is 0 Å². The van der Waals surface area contributed by atoms with Crippen LogP contribution in [-0.2, 0) is 14.3 Å². The smallest absolute Gasteiger partial charge is 0.239 e. The summed E-state index contributed by atoms with van der Waals surface area (Å²) in [6.07, 6.45) is 3.24. The highest BCUT2D eigenvalue weighted by Gasteiger charge is 2.30. The van der Waals surface area contributed by atoms with Gasteiger partial charge >= 0.3 is 0 Å². The van der Waals surface area contributed by atoms with Gasteiger partial charge in [-0.25, -0.2) is 0 Å². The molecule has 1 aliphatic rings. The Bertz CT molecular complexity index is 310. The van der Waals surface area contributed by atoms with Crippen LogP contribution in [0.2, 0.25) is 0 Å². The predicted octanol–water partition coefficient (Wildman–Crippen LogP) is -0.275. The summed E-state index contributed by atoms with van der Waals surface area (Å²) in [4.78, 5) is 25.2. The van der Waals surface area contributed by atoms with E-state index >= 15 is 0 Å². The van der Waals surface area contributed by atoms with Crippen molar-refractivity contribution in [3.05, 3.63) is 0 Å². The third-order valence-corrected chi connectivity index (χ3v) is 3.43. The van der Waals surface area contributed by atoms with Crippen molar-refractivity contribution < 1.29 is 14.3 Å². The molecule has 110 valence electrons. The Morgan fingerprint density at radius 1 is 1.42 bits per heavy atom. The largest absolute Gasteiger partial charge is 0.385 e. The summed E-state index contributed by atoms with van der Waals surface area (Å²) in [5.41, 5.74) is 5.80. The summed E-state index contributed by atoms with van der Waals surface area (Å²) in [5.74, 6) is -0.115. The molecule has 1 aliphatic carbocycles. The molecule has 3 N–H and O–H groups in total. The van der Waals surface area contributed by atoms with Crippen LogP contribution in [0.5, 0.6) is 0 Å². The van der Waals surface area contributed by atoms with Gasteiger partial charge in [0.15, 0.2) is 0 Å². The number of methoxy groups -OCH3 is 1. The minimum absolute atomic E-state index is 0.0127. The Kier molecular flexibility index (Phi) is 6.80. The summed E-state index contributed by atoms with van der Waals surface area (Å²) >= 11 is 0. The minimum Gasteiger partial charge on any atom is -0.385 e. The van der Waals surface area contributed by atoms with Gasteiger partial charge in [0.25, 0.3) is 0 Å². The fraction of sp³-hybridized carbons (Fsp3) is 0.846. The molecule has 0 aromatic heterocycles. The Morgan fingerprint density at radius 2 is 2.16 bits per heavy atom. The second kappa shape index (κ2) is 8.12. The summed E-state index contributed by atoms with van der Waals surface area (Å²) in [6, 6.07) is 0.130. The molecular weight excluding hydrogens is 246 g/mol. The number of ether oxygens (including phenoxy) is 1. The maximum Gasteiger partial charge on any atom is 0.239 e. The van der Waals surface area contributed by atoms with Gasteiger partial charge in [-0.3, -0.25) is 9.59 Å². The first-order chi connectivity index (χ1) is 9.04. The van der Waals surface area contributed by atoms with E-state index in [2.05, 4.69) is 5.32 Å². The highest BCUT2D eigenvalue weighted by atomic mass is 16.5. The van der Waals surface area contributed by atoms with E-state index in [0.717, 1.165) is 25.7 Å². The molecule has 0 aromatic carbocycles. The molecule has 1 rings (SSSR count). The maximum absolute atomic E-state index is 12.1. The number of hydrogen-bond acceptors (Lipinski definition) is 4. The Morgan fingerprint density at radius 3 is 2.74 bits per heavy atom. The SMILES string of the molecule is COCCCNC(=O)CN(C)C(=O)C1CCC(N)C1. The molecule has 6 heteroatoms. The van der Waals surface area contributed by atoms with Crippen molar-refractivity contribution in [2.24, 2.45) is 11.7 Å². The van der Waals surface area contributed by atoms with Crippen LogP contribution in [0, 0.1) is 5.92 Å². The molecule has 2 atom stereocenters. The van der Waals surface area contributed by atoms with Crippen LogP contribution < -0.4 is 11.1 Å². The minimum atomic E-state index is -0.130. The molecule has 0 bridgehead atoms. The summed E-state index contributed by atoms with van der Waals surface area (Å²) in [5, 5.41) is 2.77. The molecule has 0 spiro atoms. The van der Waals surface area contributed by atoms with Gasteiger partial charge in [-0.2, -0.15) is 0 Å². The number of carbonyl (C=O) groups excluding carboxylic acids is 2. The molecule has 2 unspecified atom stereocenters. The molecule has 1 saturated carbocycles. The maximum atomic E-state index is 12.1. The van der Waals surface area contributed by atoms with Gasteiger partial charge in [0.05, 0.1) is 6.54 Å². The van der Waals surface area contributed by atoms with E-state index in [1.54, 1.807) is 14.2 Å². The Hall–Kier alpha value is -1.14. The van der Waals surface area contributed by atoms with Crippen molar-refractivity contribution in [1.82, 2.24) is 10.2 Å². The van der Waals surface area contributed by atoms with E-state index in [4.69, 9.17) is 10.5 Å². The number of nitrogens with zero attached hydrogens (tertiary/aromatic N) is 1. The normalized spacial score (nSPS) is 22.3. The van der Waals surface area contributed by atoms with Crippen LogP contribution in [-0.4, -0.2) is 56.6 Å². The Balaban J connectivity index is 2.23. The van der Waals surface area contributed by atoms with Gasteiger partial charge in [-0.15, -0.1) is 0 Å². The molecule has 2 amide bonds. The van der Waals surface area contributed by atoms with Gasteiger partial charge in [-0.05, 0) is 25.7 Å². The van der Waals surface area contributed by atoms with Crippen LogP contribution >= 0.6 is 0 Å². The lowest BCUT2D eigenvalue weighted by molar-refractivity contribution is -0.137. The topological polar surface area (TPSA) is 84.7 Å². The molecule has 0 radical (unpaired) electrons. The third-order valence-electron chi connectivity index (χ3n) is 3.43. The van der Waals surface area contributed by atoms with Gasteiger partial charge in [0, 0.05) is 39.3 Å². The quantitative estimate of drug-likeness (QED) is 0.624. The summed E-state index contributed by atoms with van der Waals surface area (Å²) < 4.78 is 4.89. The van der Waals surface area contributed by atoms with Gasteiger partial charge in [0.1, 0.15) is 0 Å². The fourth-order valence-electron chi connectivity index (χ4n) is 2.35. The van der Waals surface area contributed by atoms with Crippen molar-refractivity contribution in [3.63, 3.8) is 0 Å². The molecule has 0 heterocycles. The van der Waals surface area contributed by atoms with Crippen LogP contribution in [0.4, 0.5) is 0 Å². The monoisotopic (exact) mass is 271 g/mol. The lowest BCUT2D eigenvalue weighted by atomic mass is 10.1. The first-order valence-electron chi connectivity index (χ1n) is 6.80. The second-order valence-electron chi connectivity index (χ2n) is 5.16. The van der Waals surface area contributed by atoms with Crippen LogP contribution in [0.3, 0.4) is 0 Å². The zero-order valence-electron chi connectivity index (χ0n) is 11.9. The zero-order valence-corrected chi connectivity index (χ0v) is 11.9. The van der Waals surface area contributed by atoms with Crippen molar-refractivity contribution in [2.75, 3.05) is 33.9 Å². The van der Waals surface area contributed by atoms with E-state index in [1.165, 1.54) is 4.90 Å². The van der Waals surface area contributed by atoms with Crippen LogP contribution in [0.1, 0.15) is 25.7 Å². The van der Waals surface area contributed by atoms with Gasteiger partial charge < -0.3 is 20.7 Å². The Labute approximate surface area is 114 Å². The summed E-state index contributed by atoms with van der Waals surface area (Å²) in [6.45, 7) is 1.30. The van der Waals surface area contributed by atoms with E-state index in [9.17, 15) is 9.59 Å². The van der Waals surface area contributed by atoms with Gasteiger partial charge in [0.2, 0.25) is 11.8 Å². The average molecular weight is 271 g/mol. The lowest BCUT2D eigenvalue weighted by Gasteiger charge is -2.20. The number of nitrogens with two attached hydrogens (primary N) is 1. The lowest BCUT2D eigenvalue weighted by Crippen LogP contribution is -2.41. The fourth-order valence-corrected chi connectivity index (χ4v) is 2.35. The average Bonchev–Trinajstić information content (AvgIpc) is 2.80. The molecule has 6 nitrogen and oxygen atoms in total. The first-order valence-corrected chi connectivity index (χ1v) is 6.80. The van der Waals surface area contributed by atoms with Crippen molar-refractivity contribution in [3.8, 4) is 0 Å². The number of amides is 2. The molecular formula is C13H25N3O3. The van der Waals surface area contributed by atoms with E-state index in [1.807, 2.05) is 0 Å². The number of hydrogen-bond donors (Lipinski definition) is 2. The number of likely N-dealkylation sites (N-methyl/N-ethyl adjacent to an activating group) is 1. The first kappa shape index (κ1) is 15.9. The molecule has 0 aliphatic heterocycles.